The van der Waals surface area contributed by atoms with Crippen molar-refractivity contribution in [3.8, 4) is 0 Å². The molecule has 3 rings (SSSR count). The summed E-state index contributed by atoms with van der Waals surface area (Å²) in [6, 6.07) is 3.87. The Hall–Kier alpha value is -2.74. The van der Waals surface area contributed by atoms with Gasteiger partial charge in [0.05, 0.1) is 36.6 Å². The van der Waals surface area contributed by atoms with Crippen LogP contribution in [0.25, 0.3) is 11.0 Å². The second kappa shape index (κ2) is 5.94. The molecule has 0 amide bonds. The van der Waals surface area contributed by atoms with Gasteiger partial charge in [-0.3, -0.25) is 0 Å². The van der Waals surface area contributed by atoms with E-state index in [9.17, 15) is 0 Å². The number of aliphatic hydroxyl groups excluding tert-OH is 1. The average Bonchev–Trinajstić information content (AvgIpc) is 2.93. The normalized spacial score (nSPS) is 10.9. The Labute approximate surface area is 127 Å². The molecule has 8 nitrogen and oxygen atoms in total. The molecule has 0 bridgehead atoms. The first-order valence-electron chi connectivity index (χ1n) is 6.87. The second-order valence-electron chi connectivity index (χ2n) is 4.98. The van der Waals surface area contributed by atoms with Crippen molar-refractivity contribution in [3.63, 3.8) is 0 Å². The fourth-order valence-electron chi connectivity index (χ4n) is 2.11. The minimum atomic E-state index is 0.0134. The first kappa shape index (κ1) is 14.2. The predicted octanol–water partition coefficient (Wildman–Crippen LogP) is 1.02. The second-order valence-corrected chi connectivity index (χ2v) is 4.98. The van der Waals surface area contributed by atoms with Crippen molar-refractivity contribution in [1.29, 1.82) is 0 Å². The quantitative estimate of drug-likeness (QED) is 0.726. The Balaban J connectivity index is 1.90. The summed E-state index contributed by atoms with van der Waals surface area (Å²) in [4.78, 5) is 14.8. The van der Waals surface area contributed by atoms with Gasteiger partial charge >= 0.3 is 0 Å². The van der Waals surface area contributed by atoms with Gasteiger partial charge in [0.15, 0.2) is 5.65 Å². The fourth-order valence-corrected chi connectivity index (χ4v) is 2.11. The highest BCUT2D eigenvalue weighted by Gasteiger charge is 2.10. The van der Waals surface area contributed by atoms with E-state index in [1.165, 1.54) is 6.33 Å². The molecule has 0 spiro atoms. The Morgan fingerprint density at radius 3 is 2.73 bits per heavy atom. The van der Waals surface area contributed by atoms with Crippen LogP contribution >= 0.6 is 0 Å². The van der Waals surface area contributed by atoms with Crippen LogP contribution in [0.5, 0.6) is 0 Å². The lowest BCUT2D eigenvalue weighted by atomic mass is 10.3. The highest BCUT2D eigenvalue weighted by atomic mass is 16.3. The van der Waals surface area contributed by atoms with Crippen LogP contribution in [0.4, 0.5) is 17.3 Å². The average molecular weight is 299 g/mol. The maximum Gasteiger partial charge on any atom is 0.163 e. The Morgan fingerprint density at radius 1 is 1.18 bits per heavy atom. The van der Waals surface area contributed by atoms with Crippen LogP contribution in [-0.4, -0.2) is 50.5 Å². The number of aromatic nitrogens is 5. The molecule has 2 N–H and O–H groups in total. The van der Waals surface area contributed by atoms with Crippen LogP contribution in [0.15, 0.2) is 30.9 Å². The summed E-state index contributed by atoms with van der Waals surface area (Å²) in [7, 11) is 3.89. The summed E-state index contributed by atoms with van der Waals surface area (Å²) in [5.41, 5.74) is 1.52. The molecule has 0 fully saturated rings. The van der Waals surface area contributed by atoms with E-state index in [0.29, 0.717) is 18.0 Å². The monoisotopic (exact) mass is 299 g/mol. The fraction of sp³-hybridized carbons (Fsp3) is 0.286. The van der Waals surface area contributed by atoms with Crippen molar-refractivity contribution in [2.45, 2.75) is 6.54 Å². The van der Waals surface area contributed by atoms with Gasteiger partial charge in [-0.1, -0.05) is 0 Å². The van der Waals surface area contributed by atoms with E-state index < -0.39 is 0 Å². The van der Waals surface area contributed by atoms with E-state index in [0.717, 1.165) is 16.9 Å². The van der Waals surface area contributed by atoms with Gasteiger partial charge in [-0.15, -0.1) is 0 Å². The summed E-state index contributed by atoms with van der Waals surface area (Å²) in [6.07, 6.45) is 4.91. The van der Waals surface area contributed by atoms with Gasteiger partial charge in [0.1, 0.15) is 18.0 Å². The molecule has 3 aromatic rings. The zero-order valence-electron chi connectivity index (χ0n) is 12.4. The standard InChI is InChI=1S/C14H17N7O/c1-20(2)12-4-3-10(7-15-12)19-13-11-8-18-21(5-6-22)14(11)17-9-16-13/h3-4,7-9,22H,5-6H2,1-2H3,(H,16,17,19). The molecule has 114 valence electrons. The Kier molecular flexibility index (Phi) is 3.84. The summed E-state index contributed by atoms with van der Waals surface area (Å²) in [5.74, 6) is 1.54. The van der Waals surface area contributed by atoms with Crippen LogP contribution in [0, 0.1) is 0 Å². The first-order chi connectivity index (χ1) is 10.7. The van der Waals surface area contributed by atoms with Gasteiger partial charge in [0, 0.05) is 14.1 Å². The van der Waals surface area contributed by atoms with Gasteiger partial charge in [-0.05, 0) is 12.1 Å². The van der Waals surface area contributed by atoms with Crippen molar-refractivity contribution in [2.24, 2.45) is 0 Å². The molecule has 22 heavy (non-hydrogen) atoms. The topological polar surface area (TPSA) is 92.0 Å². The summed E-state index contributed by atoms with van der Waals surface area (Å²) in [5, 5.41) is 17.3. The number of fused-ring (bicyclic) bond motifs is 1. The maximum atomic E-state index is 9.04. The summed E-state index contributed by atoms with van der Waals surface area (Å²) in [6.45, 7) is 0.415. The largest absolute Gasteiger partial charge is 0.394 e. The lowest BCUT2D eigenvalue weighted by Crippen LogP contribution is -2.10. The molecule has 0 aliphatic carbocycles. The van der Waals surface area contributed by atoms with Crippen LogP contribution in [0.2, 0.25) is 0 Å². The molecule has 0 radical (unpaired) electrons. The van der Waals surface area contributed by atoms with Crippen molar-refractivity contribution in [2.75, 3.05) is 30.9 Å². The summed E-state index contributed by atoms with van der Waals surface area (Å²) >= 11 is 0. The predicted molar refractivity (Wildman–Crippen MR) is 84.3 cm³/mol. The molecular weight excluding hydrogens is 282 g/mol. The molecule has 0 unspecified atom stereocenters. The zero-order chi connectivity index (χ0) is 15.5. The molecule has 0 aliphatic rings. The molecule has 0 saturated carbocycles. The van der Waals surface area contributed by atoms with E-state index in [1.54, 1.807) is 17.1 Å². The third-order valence-electron chi connectivity index (χ3n) is 3.21. The SMILES string of the molecule is CN(C)c1ccc(Nc2ncnc3c2cnn3CCO)cn1. The number of rotatable bonds is 5. The minimum absolute atomic E-state index is 0.0134. The molecule has 3 heterocycles. The van der Waals surface area contributed by atoms with E-state index in [-0.39, 0.29) is 6.61 Å². The van der Waals surface area contributed by atoms with E-state index >= 15 is 0 Å². The van der Waals surface area contributed by atoms with Crippen molar-refractivity contribution >= 4 is 28.4 Å². The smallest absolute Gasteiger partial charge is 0.163 e. The number of nitrogens with one attached hydrogen (secondary N) is 1. The first-order valence-corrected chi connectivity index (χ1v) is 6.87. The van der Waals surface area contributed by atoms with Crippen molar-refractivity contribution in [3.05, 3.63) is 30.9 Å². The number of hydrogen-bond acceptors (Lipinski definition) is 7. The lowest BCUT2D eigenvalue weighted by molar-refractivity contribution is 0.271. The number of aliphatic hydroxyl groups is 1. The summed E-state index contributed by atoms with van der Waals surface area (Å²) < 4.78 is 1.65. The number of hydrogen-bond donors (Lipinski definition) is 2. The number of pyridine rings is 1. The van der Waals surface area contributed by atoms with Crippen LogP contribution in [0.3, 0.4) is 0 Å². The molecule has 8 heteroatoms. The third kappa shape index (κ3) is 2.68. The van der Waals surface area contributed by atoms with E-state index in [4.69, 9.17) is 5.11 Å². The lowest BCUT2D eigenvalue weighted by Gasteiger charge is -2.12. The molecule has 3 aromatic heterocycles. The third-order valence-corrected chi connectivity index (χ3v) is 3.21. The Bertz CT molecular complexity index is 766. The van der Waals surface area contributed by atoms with Gasteiger partial charge < -0.3 is 15.3 Å². The zero-order valence-corrected chi connectivity index (χ0v) is 12.4. The van der Waals surface area contributed by atoms with Crippen LogP contribution < -0.4 is 10.2 Å². The highest BCUT2D eigenvalue weighted by molar-refractivity contribution is 5.88. The van der Waals surface area contributed by atoms with Gasteiger partial charge in [0.25, 0.3) is 0 Å². The highest BCUT2D eigenvalue weighted by Crippen LogP contribution is 2.23. The number of nitrogens with zero attached hydrogens (tertiary/aromatic N) is 6. The molecule has 0 atom stereocenters. The molecule has 0 aliphatic heterocycles. The minimum Gasteiger partial charge on any atom is -0.394 e. The van der Waals surface area contributed by atoms with Crippen molar-refractivity contribution < 1.29 is 5.11 Å². The van der Waals surface area contributed by atoms with Crippen LogP contribution in [0.1, 0.15) is 0 Å². The number of anilines is 3. The van der Waals surface area contributed by atoms with Gasteiger partial charge in [-0.25, -0.2) is 19.6 Å². The van der Waals surface area contributed by atoms with Crippen LogP contribution in [-0.2, 0) is 6.54 Å². The maximum absolute atomic E-state index is 9.04. The molecular formula is C14H17N7O. The van der Waals surface area contributed by atoms with E-state index in [1.807, 2.05) is 31.1 Å². The van der Waals surface area contributed by atoms with Gasteiger partial charge in [0.2, 0.25) is 0 Å². The van der Waals surface area contributed by atoms with E-state index in [2.05, 4.69) is 25.4 Å². The Morgan fingerprint density at radius 2 is 2.05 bits per heavy atom. The van der Waals surface area contributed by atoms with Gasteiger partial charge in [-0.2, -0.15) is 5.10 Å². The molecule has 0 saturated heterocycles. The molecule has 0 aromatic carbocycles. The van der Waals surface area contributed by atoms with Crippen molar-refractivity contribution in [1.82, 2.24) is 24.7 Å².